The van der Waals surface area contributed by atoms with Gasteiger partial charge in [0.05, 0.1) is 16.5 Å². The molecule has 1 heterocycles. The second-order valence-electron chi connectivity index (χ2n) is 7.61. The van der Waals surface area contributed by atoms with Crippen molar-refractivity contribution in [1.82, 2.24) is 20.1 Å². The number of carbonyl (C=O) groups excluding carboxylic acids is 1. The third-order valence-electron chi connectivity index (χ3n) is 4.88. The standard InChI is InChI=1S/C22H22Cl2N4OS/c1-13(2)16-5-3-4-6-19(16)28-21(17-10-7-14(23)11-18(17)24)26-27-22(28)30-12-20(29)25-15-8-9-15/h3-7,10-11,13,15H,8-9,12H2,1-2H3,(H,25,29). The summed E-state index contributed by atoms with van der Waals surface area (Å²) in [7, 11) is 0. The highest BCUT2D eigenvalue weighted by molar-refractivity contribution is 7.99. The van der Waals surface area contributed by atoms with Crippen LogP contribution in [0.1, 0.15) is 38.2 Å². The van der Waals surface area contributed by atoms with Crippen LogP contribution >= 0.6 is 35.0 Å². The maximum Gasteiger partial charge on any atom is 0.230 e. The van der Waals surface area contributed by atoms with E-state index in [4.69, 9.17) is 23.2 Å². The zero-order valence-corrected chi connectivity index (χ0v) is 19.1. The molecule has 0 unspecified atom stereocenters. The first-order chi connectivity index (χ1) is 14.4. The Balaban J connectivity index is 1.77. The van der Waals surface area contributed by atoms with Crippen molar-refractivity contribution >= 4 is 40.9 Å². The Bertz CT molecular complexity index is 1080. The Hall–Kier alpha value is -2.02. The number of halogens is 2. The van der Waals surface area contributed by atoms with Crippen LogP contribution in [0, 0.1) is 0 Å². The van der Waals surface area contributed by atoms with E-state index >= 15 is 0 Å². The molecule has 1 amide bonds. The van der Waals surface area contributed by atoms with Crippen molar-refractivity contribution in [2.75, 3.05) is 5.75 Å². The highest BCUT2D eigenvalue weighted by Gasteiger charge is 2.25. The van der Waals surface area contributed by atoms with Crippen LogP contribution in [0.15, 0.2) is 47.6 Å². The van der Waals surface area contributed by atoms with E-state index in [2.05, 4.69) is 35.4 Å². The zero-order chi connectivity index (χ0) is 21.3. The second kappa shape index (κ2) is 9.00. The lowest BCUT2D eigenvalue weighted by Gasteiger charge is -2.17. The van der Waals surface area contributed by atoms with Crippen molar-refractivity contribution in [3.63, 3.8) is 0 Å². The lowest BCUT2D eigenvalue weighted by atomic mass is 10.0. The molecular formula is C22H22Cl2N4OS. The first kappa shape index (κ1) is 21.2. The van der Waals surface area contributed by atoms with Gasteiger partial charge in [-0.3, -0.25) is 9.36 Å². The molecule has 2 aromatic carbocycles. The van der Waals surface area contributed by atoms with Gasteiger partial charge in [0.1, 0.15) is 0 Å². The van der Waals surface area contributed by atoms with Crippen LogP contribution in [-0.2, 0) is 4.79 Å². The average Bonchev–Trinajstić information content (AvgIpc) is 3.43. The zero-order valence-electron chi connectivity index (χ0n) is 16.7. The molecule has 0 spiro atoms. The number of rotatable bonds is 7. The summed E-state index contributed by atoms with van der Waals surface area (Å²) in [6, 6.07) is 13.8. The topological polar surface area (TPSA) is 59.8 Å². The minimum atomic E-state index is 0.0141. The first-order valence-corrected chi connectivity index (χ1v) is 11.6. The number of hydrogen-bond acceptors (Lipinski definition) is 4. The highest BCUT2D eigenvalue weighted by Crippen LogP contribution is 2.35. The third kappa shape index (κ3) is 4.66. The number of nitrogens with one attached hydrogen (secondary N) is 1. The lowest BCUT2D eigenvalue weighted by molar-refractivity contribution is -0.118. The van der Waals surface area contributed by atoms with E-state index in [1.165, 1.54) is 11.8 Å². The number of hydrogen-bond donors (Lipinski definition) is 1. The summed E-state index contributed by atoms with van der Waals surface area (Å²) in [6.07, 6.45) is 2.13. The predicted molar refractivity (Wildman–Crippen MR) is 123 cm³/mol. The van der Waals surface area contributed by atoms with Crippen LogP contribution in [0.5, 0.6) is 0 Å². The molecule has 156 valence electrons. The fourth-order valence-electron chi connectivity index (χ4n) is 3.23. The van der Waals surface area contributed by atoms with Gasteiger partial charge < -0.3 is 5.32 Å². The second-order valence-corrected chi connectivity index (χ2v) is 9.40. The van der Waals surface area contributed by atoms with Gasteiger partial charge in [-0.25, -0.2) is 0 Å². The molecule has 0 atom stereocenters. The van der Waals surface area contributed by atoms with E-state index in [0.717, 1.165) is 29.7 Å². The maximum absolute atomic E-state index is 12.2. The van der Waals surface area contributed by atoms with Crippen molar-refractivity contribution < 1.29 is 4.79 Å². The number of benzene rings is 2. The Morgan fingerprint density at radius 1 is 1.20 bits per heavy atom. The number of carbonyl (C=O) groups is 1. The Morgan fingerprint density at radius 3 is 2.67 bits per heavy atom. The number of thioether (sulfide) groups is 1. The van der Waals surface area contributed by atoms with Gasteiger partial charge in [-0.2, -0.15) is 0 Å². The molecule has 8 heteroatoms. The molecule has 1 saturated carbocycles. The SMILES string of the molecule is CC(C)c1ccccc1-n1c(SCC(=O)NC2CC2)nnc1-c1ccc(Cl)cc1Cl. The Labute approximate surface area is 190 Å². The molecule has 1 aromatic heterocycles. The summed E-state index contributed by atoms with van der Waals surface area (Å²) in [4.78, 5) is 12.2. The summed E-state index contributed by atoms with van der Waals surface area (Å²) < 4.78 is 1.99. The molecule has 1 N–H and O–H groups in total. The van der Waals surface area contributed by atoms with Crippen molar-refractivity contribution in [3.8, 4) is 17.1 Å². The average molecular weight is 461 g/mol. The normalized spacial score (nSPS) is 13.6. The van der Waals surface area contributed by atoms with Crippen molar-refractivity contribution in [2.24, 2.45) is 0 Å². The molecule has 3 aromatic rings. The molecule has 1 fully saturated rings. The molecule has 0 bridgehead atoms. The minimum absolute atomic E-state index is 0.0141. The molecular weight excluding hydrogens is 439 g/mol. The smallest absolute Gasteiger partial charge is 0.230 e. The van der Waals surface area contributed by atoms with E-state index < -0.39 is 0 Å². The fraction of sp³-hybridized carbons (Fsp3) is 0.318. The Kier molecular flexibility index (Phi) is 6.37. The highest BCUT2D eigenvalue weighted by atomic mass is 35.5. The van der Waals surface area contributed by atoms with Crippen molar-refractivity contribution in [3.05, 3.63) is 58.1 Å². The van der Waals surface area contributed by atoms with Crippen molar-refractivity contribution in [2.45, 2.75) is 43.8 Å². The van der Waals surface area contributed by atoms with Crippen LogP contribution in [0.25, 0.3) is 17.1 Å². The van der Waals surface area contributed by atoms with Crippen molar-refractivity contribution in [1.29, 1.82) is 0 Å². The van der Waals surface area contributed by atoms with Gasteiger partial charge in [0.25, 0.3) is 0 Å². The predicted octanol–water partition coefficient (Wildman–Crippen LogP) is 5.74. The van der Waals surface area contributed by atoms with E-state index in [1.54, 1.807) is 12.1 Å². The van der Waals surface area contributed by atoms with Gasteiger partial charge in [-0.1, -0.05) is 67.0 Å². The molecule has 0 radical (unpaired) electrons. The van der Waals surface area contributed by atoms with Gasteiger partial charge in [-0.05, 0) is 48.6 Å². The number of para-hydroxylation sites is 1. The van der Waals surface area contributed by atoms with Gasteiger partial charge in [-0.15, -0.1) is 10.2 Å². The monoisotopic (exact) mass is 460 g/mol. The van der Waals surface area contributed by atoms with Gasteiger partial charge in [0.2, 0.25) is 5.91 Å². The largest absolute Gasteiger partial charge is 0.353 e. The lowest BCUT2D eigenvalue weighted by Crippen LogP contribution is -2.27. The molecule has 4 rings (SSSR count). The number of amides is 1. The molecule has 1 aliphatic carbocycles. The Morgan fingerprint density at radius 2 is 1.97 bits per heavy atom. The van der Waals surface area contributed by atoms with E-state index in [0.29, 0.717) is 33.0 Å². The number of aromatic nitrogens is 3. The molecule has 30 heavy (non-hydrogen) atoms. The van der Waals surface area contributed by atoms with Gasteiger partial charge in [0, 0.05) is 16.6 Å². The molecule has 1 aliphatic rings. The molecule has 0 aliphatic heterocycles. The van der Waals surface area contributed by atoms with Gasteiger partial charge >= 0.3 is 0 Å². The summed E-state index contributed by atoms with van der Waals surface area (Å²) >= 11 is 14.0. The first-order valence-electron chi connectivity index (χ1n) is 9.86. The van der Waals surface area contributed by atoms with E-state index in [9.17, 15) is 4.79 Å². The summed E-state index contributed by atoms with van der Waals surface area (Å²) in [6.45, 7) is 4.29. The van der Waals surface area contributed by atoms with E-state index in [1.807, 2.05) is 28.8 Å². The minimum Gasteiger partial charge on any atom is -0.353 e. The van der Waals surface area contributed by atoms with Crippen LogP contribution in [0.2, 0.25) is 10.0 Å². The quantitative estimate of drug-likeness (QED) is 0.456. The summed E-state index contributed by atoms with van der Waals surface area (Å²) in [5, 5.41) is 13.6. The van der Waals surface area contributed by atoms with Crippen LogP contribution < -0.4 is 5.32 Å². The molecule has 0 saturated heterocycles. The van der Waals surface area contributed by atoms with Crippen LogP contribution in [0.4, 0.5) is 0 Å². The number of nitrogens with zero attached hydrogens (tertiary/aromatic N) is 3. The molecule has 5 nitrogen and oxygen atoms in total. The fourth-order valence-corrected chi connectivity index (χ4v) is 4.48. The van der Waals surface area contributed by atoms with Crippen LogP contribution in [-0.4, -0.2) is 32.5 Å². The van der Waals surface area contributed by atoms with Crippen LogP contribution in [0.3, 0.4) is 0 Å². The summed E-state index contributed by atoms with van der Waals surface area (Å²) in [5.74, 6) is 1.22. The maximum atomic E-state index is 12.2. The van der Waals surface area contributed by atoms with Gasteiger partial charge in [0.15, 0.2) is 11.0 Å². The third-order valence-corrected chi connectivity index (χ3v) is 6.36. The van der Waals surface area contributed by atoms with E-state index in [-0.39, 0.29) is 11.7 Å². The summed E-state index contributed by atoms with van der Waals surface area (Å²) in [5.41, 5.74) is 2.87.